The SMILES string of the molecule is CCc1nnc(SCC(=O)Nc2cccc(C(C)=O)c2)n1CC(C)C. The molecular formula is C18H24N4O2S. The number of hydrogen-bond donors (Lipinski definition) is 1. The van der Waals surface area contributed by atoms with E-state index in [-0.39, 0.29) is 17.4 Å². The van der Waals surface area contributed by atoms with Crippen molar-refractivity contribution in [1.29, 1.82) is 0 Å². The molecule has 0 unspecified atom stereocenters. The minimum Gasteiger partial charge on any atom is -0.325 e. The van der Waals surface area contributed by atoms with Crippen LogP contribution in [-0.2, 0) is 17.8 Å². The van der Waals surface area contributed by atoms with Gasteiger partial charge in [-0.2, -0.15) is 0 Å². The second kappa shape index (κ2) is 8.80. The van der Waals surface area contributed by atoms with Gasteiger partial charge in [0.2, 0.25) is 5.91 Å². The van der Waals surface area contributed by atoms with Crippen LogP contribution in [0.4, 0.5) is 5.69 Å². The zero-order valence-electron chi connectivity index (χ0n) is 15.1. The first-order valence-electron chi connectivity index (χ1n) is 8.36. The van der Waals surface area contributed by atoms with Crippen molar-refractivity contribution in [2.45, 2.75) is 45.8 Å². The third-order valence-electron chi connectivity index (χ3n) is 3.54. The fourth-order valence-electron chi connectivity index (χ4n) is 2.38. The molecule has 0 saturated heterocycles. The number of ketones is 1. The van der Waals surface area contributed by atoms with E-state index in [9.17, 15) is 9.59 Å². The molecule has 0 fully saturated rings. The first-order valence-corrected chi connectivity index (χ1v) is 9.35. The van der Waals surface area contributed by atoms with Gasteiger partial charge in [0.25, 0.3) is 0 Å². The van der Waals surface area contributed by atoms with Crippen molar-refractivity contribution in [2.24, 2.45) is 5.92 Å². The van der Waals surface area contributed by atoms with Crippen LogP contribution in [0.5, 0.6) is 0 Å². The third kappa shape index (κ3) is 5.42. The van der Waals surface area contributed by atoms with Gasteiger partial charge in [0, 0.05) is 24.2 Å². The summed E-state index contributed by atoms with van der Waals surface area (Å²) in [6, 6.07) is 6.94. The fraction of sp³-hybridized carbons (Fsp3) is 0.444. The standard InChI is InChI=1S/C18H24N4O2S/c1-5-16-20-21-18(22(16)10-12(2)3)25-11-17(24)19-15-8-6-7-14(9-15)13(4)23/h6-9,12H,5,10-11H2,1-4H3,(H,19,24). The Bertz CT molecular complexity index is 755. The van der Waals surface area contributed by atoms with Crippen LogP contribution in [0.1, 0.15) is 43.9 Å². The maximum atomic E-state index is 12.2. The lowest BCUT2D eigenvalue weighted by molar-refractivity contribution is -0.113. The average molecular weight is 360 g/mol. The number of amides is 1. The van der Waals surface area contributed by atoms with Crippen LogP contribution in [0.15, 0.2) is 29.4 Å². The Balaban J connectivity index is 1.99. The number of nitrogens with zero attached hydrogens (tertiary/aromatic N) is 3. The van der Waals surface area contributed by atoms with Crippen LogP contribution in [-0.4, -0.2) is 32.2 Å². The highest BCUT2D eigenvalue weighted by Crippen LogP contribution is 2.20. The molecule has 7 heteroatoms. The Kier molecular flexibility index (Phi) is 6.75. The van der Waals surface area contributed by atoms with Crippen molar-refractivity contribution < 1.29 is 9.59 Å². The molecule has 2 rings (SSSR count). The van der Waals surface area contributed by atoms with Gasteiger partial charge in [-0.15, -0.1) is 10.2 Å². The van der Waals surface area contributed by atoms with Crippen molar-refractivity contribution in [3.63, 3.8) is 0 Å². The minimum atomic E-state index is -0.136. The van der Waals surface area contributed by atoms with Crippen LogP contribution in [0.2, 0.25) is 0 Å². The summed E-state index contributed by atoms with van der Waals surface area (Å²) in [5.41, 5.74) is 1.20. The molecule has 2 aromatic rings. The molecule has 0 aliphatic rings. The van der Waals surface area contributed by atoms with Crippen molar-refractivity contribution in [2.75, 3.05) is 11.1 Å². The van der Waals surface area contributed by atoms with E-state index in [1.54, 1.807) is 24.3 Å². The van der Waals surface area contributed by atoms with Gasteiger partial charge in [-0.3, -0.25) is 9.59 Å². The Morgan fingerprint density at radius 1 is 1.28 bits per heavy atom. The van der Waals surface area contributed by atoms with Gasteiger partial charge >= 0.3 is 0 Å². The second-order valence-electron chi connectivity index (χ2n) is 6.23. The number of thioether (sulfide) groups is 1. The van der Waals surface area contributed by atoms with E-state index >= 15 is 0 Å². The molecule has 6 nitrogen and oxygen atoms in total. The van der Waals surface area contributed by atoms with E-state index in [2.05, 4.69) is 33.9 Å². The first-order chi connectivity index (χ1) is 11.9. The number of hydrogen-bond acceptors (Lipinski definition) is 5. The van der Waals surface area contributed by atoms with Gasteiger partial charge in [-0.05, 0) is 25.0 Å². The predicted octanol–water partition coefficient (Wildman–Crippen LogP) is 3.43. The highest BCUT2D eigenvalue weighted by Gasteiger charge is 2.14. The van der Waals surface area contributed by atoms with Gasteiger partial charge < -0.3 is 9.88 Å². The predicted molar refractivity (Wildman–Crippen MR) is 100 cm³/mol. The lowest BCUT2D eigenvalue weighted by Gasteiger charge is -2.11. The molecule has 25 heavy (non-hydrogen) atoms. The molecule has 0 aliphatic heterocycles. The number of carbonyl (C=O) groups excluding carboxylic acids is 2. The first kappa shape index (κ1) is 19.2. The summed E-state index contributed by atoms with van der Waals surface area (Å²) in [6.07, 6.45) is 0.810. The Morgan fingerprint density at radius 2 is 2.04 bits per heavy atom. The van der Waals surface area contributed by atoms with Crippen molar-refractivity contribution in [1.82, 2.24) is 14.8 Å². The summed E-state index contributed by atoms with van der Waals surface area (Å²) in [5.74, 6) is 1.49. The van der Waals surface area contributed by atoms with E-state index in [1.807, 2.05) is 6.92 Å². The number of benzene rings is 1. The summed E-state index contributed by atoms with van der Waals surface area (Å²) in [6.45, 7) is 8.67. The molecule has 0 radical (unpaired) electrons. The van der Waals surface area contributed by atoms with Gasteiger partial charge in [0.15, 0.2) is 10.9 Å². The molecule has 1 amide bonds. The highest BCUT2D eigenvalue weighted by molar-refractivity contribution is 7.99. The third-order valence-corrected chi connectivity index (χ3v) is 4.51. The van der Waals surface area contributed by atoms with E-state index in [1.165, 1.54) is 18.7 Å². The number of aryl methyl sites for hydroxylation is 1. The smallest absolute Gasteiger partial charge is 0.234 e. The molecule has 0 bridgehead atoms. The van der Waals surface area contributed by atoms with Gasteiger partial charge in [-0.1, -0.05) is 44.7 Å². The lowest BCUT2D eigenvalue weighted by Crippen LogP contribution is -2.15. The molecular weight excluding hydrogens is 336 g/mol. The number of anilines is 1. The number of aromatic nitrogens is 3. The van der Waals surface area contributed by atoms with Crippen LogP contribution >= 0.6 is 11.8 Å². The van der Waals surface area contributed by atoms with Crippen molar-refractivity contribution >= 4 is 29.1 Å². The Labute approximate surface area is 152 Å². The quantitative estimate of drug-likeness (QED) is 0.576. The average Bonchev–Trinajstić information content (AvgIpc) is 2.94. The van der Waals surface area contributed by atoms with Gasteiger partial charge in [0.1, 0.15) is 5.82 Å². The molecule has 0 atom stereocenters. The highest BCUT2D eigenvalue weighted by atomic mass is 32.2. The van der Waals surface area contributed by atoms with E-state index in [4.69, 9.17) is 0 Å². The Morgan fingerprint density at radius 3 is 2.68 bits per heavy atom. The van der Waals surface area contributed by atoms with E-state index < -0.39 is 0 Å². The topological polar surface area (TPSA) is 76.9 Å². The molecule has 0 saturated carbocycles. The zero-order chi connectivity index (χ0) is 18.4. The van der Waals surface area contributed by atoms with E-state index in [0.29, 0.717) is 17.2 Å². The molecule has 1 heterocycles. The summed E-state index contributed by atoms with van der Waals surface area (Å²) in [5, 5.41) is 12.0. The van der Waals surface area contributed by atoms with E-state index in [0.717, 1.165) is 23.9 Å². The number of rotatable bonds is 8. The normalized spacial score (nSPS) is 10.9. The van der Waals surface area contributed by atoms with Crippen LogP contribution in [0, 0.1) is 5.92 Å². The van der Waals surface area contributed by atoms with Crippen LogP contribution in [0.3, 0.4) is 0 Å². The summed E-state index contributed by atoms with van der Waals surface area (Å²) in [4.78, 5) is 23.6. The van der Waals surface area contributed by atoms with Crippen molar-refractivity contribution in [3.05, 3.63) is 35.7 Å². The van der Waals surface area contributed by atoms with Gasteiger partial charge in [0.05, 0.1) is 5.75 Å². The fourth-order valence-corrected chi connectivity index (χ4v) is 3.15. The number of nitrogens with one attached hydrogen (secondary N) is 1. The van der Waals surface area contributed by atoms with Crippen molar-refractivity contribution in [3.8, 4) is 0 Å². The lowest BCUT2D eigenvalue weighted by atomic mass is 10.1. The largest absolute Gasteiger partial charge is 0.325 e. The van der Waals surface area contributed by atoms with Crippen LogP contribution < -0.4 is 5.32 Å². The monoisotopic (exact) mass is 360 g/mol. The summed E-state index contributed by atoms with van der Waals surface area (Å²) >= 11 is 1.37. The Hall–Kier alpha value is -2.15. The molecule has 1 aromatic carbocycles. The molecule has 1 N–H and O–H groups in total. The summed E-state index contributed by atoms with van der Waals surface area (Å²) in [7, 11) is 0. The van der Waals surface area contributed by atoms with Gasteiger partial charge in [-0.25, -0.2) is 0 Å². The maximum absolute atomic E-state index is 12.2. The molecule has 1 aromatic heterocycles. The minimum absolute atomic E-state index is 0.0284. The molecule has 134 valence electrons. The number of Topliss-reactive ketones (excluding diaryl/α,β-unsaturated/α-hetero) is 1. The molecule has 0 aliphatic carbocycles. The molecule has 0 spiro atoms. The maximum Gasteiger partial charge on any atom is 0.234 e. The van der Waals surface area contributed by atoms with Crippen LogP contribution in [0.25, 0.3) is 0 Å². The number of carbonyl (C=O) groups is 2. The second-order valence-corrected chi connectivity index (χ2v) is 7.17. The summed E-state index contributed by atoms with van der Waals surface area (Å²) < 4.78 is 2.08. The zero-order valence-corrected chi connectivity index (χ0v) is 15.9.